The maximum Gasteiger partial charge on any atom is 0.145 e. The molecule has 0 fully saturated rings. The maximum absolute atomic E-state index is 5.52. The summed E-state index contributed by atoms with van der Waals surface area (Å²) in [6, 6.07) is 0. The minimum absolute atomic E-state index is 1.06. The summed E-state index contributed by atoms with van der Waals surface area (Å²) >= 11 is 3.39. The van der Waals surface area contributed by atoms with Crippen LogP contribution < -0.4 is 0 Å². The Morgan fingerprint density at radius 1 is 0.727 bits per heavy atom. The van der Waals surface area contributed by atoms with E-state index in [4.69, 9.17) is 3.63 Å². The van der Waals surface area contributed by atoms with E-state index in [1.54, 1.807) is 23.0 Å². The molecule has 11 heavy (non-hydrogen) atoms. The van der Waals surface area contributed by atoms with E-state index in [-0.39, 0.29) is 0 Å². The number of hydrogen-bond donors (Lipinski definition) is 0. The first-order valence-corrected chi connectivity index (χ1v) is 13.7. The van der Waals surface area contributed by atoms with Gasteiger partial charge in [-0.05, 0) is 23.0 Å². The molecule has 0 aromatic rings. The molecule has 0 aliphatic heterocycles. The third kappa shape index (κ3) is 11.1. The van der Waals surface area contributed by atoms with Crippen LogP contribution in [0.5, 0.6) is 0 Å². The van der Waals surface area contributed by atoms with Crippen molar-refractivity contribution in [1.29, 1.82) is 0 Å². The first-order chi connectivity index (χ1) is 4.71. The van der Waals surface area contributed by atoms with E-state index in [1.165, 1.54) is 0 Å². The van der Waals surface area contributed by atoms with E-state index in [2.05, 4.69) is 39.3 Å². The van der Waals surface area contributed by atoms with Crippen LogP contribution in [-0.4, -0.2) is 14.4 Å². The number of rotatable bonds is 4. The van der Waals surface area contributed by atoms with E-state index >= 15 is 0 Å². The molecule has 0 saturated heterocycles. The molecular formula is C6H18OS2Si2. The van der Waals surface area contributed by atoms with Crippen molar-refractivity contribution in [2.45, 2.75) is 39.3 Å². The summed E-state index contributed by atoms with van der Waals surface area (Å²) in [5, 5.41) is 0. The number of hydrogen-bond acceptors (Lipinski definition) is 3. The lowest BCUT2D eigenvalue weighted by atomic mass is 11.8. The summed E-state index contributed by atoms with van der Waals surface area (Å²) in [6.45, 7) is 13.8. The van der Waals surface area contributed by atoms with Gasteiger partial charge in [-0.15, -0.1) is 0 Å². The van der Waals surface area contributed by atoms with E-state index in [9.17, 15) is 0 Å². The first kappa shape index (κ1) is 12.1. The molecule has 0 radical (unpaired) electrons. The molecule has 0 rings (SSSR count). The standard InChI is InChI=1S/C6H18OS2Si2/c1-10(2,3)8-7-9-11(4,5)6/h1-6H3. The quantitative estimate of drug-likeness (QED) is 0.530. The lowest BCUT2D eigenvalue weighted by Crippen LogP contribution is -2.17. The van der Waals surface area contributed by atoms with E-state index in [0.717, 1.165) is 0 Å². The average molecular weight is 227 g/mol. The Balaban J connectivity index is 3.44. The van der Waals surface area contributed by atoms with Crippen LogP contribution in [0.3, 0.4) is 0 Å². The zero-order valence-electron chi connectivity index (χ0n) is 8.22. The summed E-state index contributed by atoms with van der Waals surface area (Å²) in [5.41, 5.74) is 0. The lowest BCUT2D eigenvalue weighted by molar-refractivity contribution is 0.778. The fraction of sp³-hybridized carbons (Fsp3) is 1.00. The Bertz CT molecular complexity index is 103. The molecule has 0 unspecified atom stereocenters. The molecule has 0 amide bonds. The topological polar surface area (TPSA) is 9.23 Å². The predicted molar refractivity (Wildman–Crippen MR) is 63.0 cm³/mol. The van der Waals surface area contributed by atoms with Crippen LogP contribution in [-0.2, 0) is 3.63 Å². The third-order valence-electron chi connectivity index (χ3n) is 0.568. The summed E-state index contributed by atoms with van der Waals surface area (Å²) < 4.78 is 5.52. The Labute approximate surface area is 80.4 Å². The predicted octanol–water partition coefficient (Wildman–Crippen LogP) is 3.97. The first-order valence-electron chi connectivity index (χ1n) is 3.74. The van der Waals surface area contributed by atoms with Gasteiger partial charge in [-0.3, -0.25) is 3.63 Å². The van der Waals surface area contributed by atoms with Gasteiger partial charge in [0, 0.05) is 0 Å². The summed E-state index contributed by atoms with van der Waals surface area (Å²) in [6.07, 6.45) is 0. The molecule has 0 aliphatic rings. The van der Waals surface area contributed by atoms with Gasteiger partial charge in [-0.1, -0.05) is 39.3 Å². The van der Waals surface area contributed by atoms with Crippen LogP contribution in [0.1, 0.15) is 0 Å². The highest BCUT2D eigenvalue weighted by Crippen LogP contribution is 2.31. The fourth-order valence-electron chi connectivity index (χ4n) is 0.221. The Kier molecular flexibility index (Phi) is 4.80. The molecule has 5 heteroatoms. The van der Waals surface area contributed by atoms with Crippen molar-refractivity contribution in [3.63, 3.8) is 0 Å². The van der Waals surface area contributed by atoms with Gasteiger partial charge in [-0.2, -0.15) is 0 Å². The van der Waals surface area contributed by atoms with Gasteiger partial charge in [0.15, 0.2) is 0 Å². The van der Waals surface area contributed by atoms with Gasteiger partial charge in [0.05, 0.1) is 0 Å². The second kappa shape index (κ2) is 4.36. The van der Waals surface area contributed by atoms with Crippen LogP contribution >= 0.6 is 23.0 Å². The smallest absolute Gasteiger partial charge is 0.145 e. The highest BCUT2D eigenvalue weighted by molar-refractivity contribution is 8.35. The SMILES string of the molecule is C[Si](C)(C)SOS[Si](C)(C)C. The van der Waals surface area contributed by atoms with Gasteiger partial charge in [0.1, 0.15) is 14.4 Å². The molecule has 0 aliphatic carbocycles. The Hall–Kier alpha value is 1.09. The molecular weight excluding hydrogens is 208 g/mol. The highest BCUT2D eigenvalue weighted by Gasteiger charge is 2.20. The van der Waals surface area contributed by atoms with Crippen molar-refractivity contribution >= 4 is 37.4 Å². The monoisotopic (exact) mass is 226 g/mol. The zero-order chi connectivity index (χ0) is 9.12. The third-order valence-corrected chi connectivity index (χ3v) is 6.34. The second-order valence-electron chi connectivity index (χ2n) is 4.46. The average Bonchev–Trinajstić information content (AvgIpc) is 1.55. The normalized spacial score (nSPS) is 13.6. The second-order valence-corrected chi connectivity index (χ2v) is 22.1. The van der Waals surface area contributed by atoms with Crippen LogP contribution in [0.4, 0.5) is 0 Å². The molecule has 0 aromatic carbocycles. The molecule has 0 heterocycles. The fourth-order valence-corrected chi connectivity index (χ4v) is 6.89. The lowest BCUT2D eigenvalue weighted by Gasteiger charge is -2.17. The van der Waals surface area contributed by atoms with Crippen molar-refractivity contribution < 1.29 is 3.63 Å². The maximum atomic E-state index is 5.52. The largest absolute Gasteiger partial charge is 0.261 e. The van der Waals surface area contributed by atoms with E-state index in [0.29, 0.717) is 0 Å². The highest BCUT2D eigenvalue weighted by atomic mass is 32.4. The van der Waals surface area contributed by atoms with Crippen molar-refractivity contribution in [3.05, 3.63) is 0 Å². The molecule has 0 saturated carbocycles. The Morgan fingerprint density at radius 2 is 1.00 bits per heavy atom. The van der Waals surface area contributed by atoms with Crippen LogP contribution in [0, 0.1) is 0 Å². The van der Waals surface area contributed by atoms with Gasteiger partial charge in [0.2, 0.25) is 0 Å². The molecule has 0 bridgehead atoms. The van der Waals surface area contributed by atoms with Gasteiger partial charge in [0.25, 0.3) is 0 Å². The molecule has 0 aromatic heterocycles. The molecule has 0 atom stereocenters. The zero-order valence-corrected chi connectivity index (χ0v) is 11.9. The van der Waals surface area contributed by atoms with Crippen molar-refractivity contribution in [2.75, 3.05) is 0 Å². The van der Waals surface area contributed by atoms with E-state index < -0.39 is 14.4 Å². The van der Waals surface area contributed by atoms with Crippen LogP contribution in [0.15, 0.2) is 0 Å². The van der Waals surface area contributed by atoms with E-state index in [1.807, 2.05) is 0 Å². The molecule has 0 N–H and O–H groups in total. The van der Waals surface area contributed by atoms with Crippen LogP contribution in [0.2, 0.25) is 39.3 Å². The van der Waals surface area contributed by atoms with Crippen LogP contribution in [0.25, 0.3) is 0 Å². The van der Waals surface area contributed by atoms with Gasteiger partial charge >= 0.3 is 0 Å². The molecule has 1 nitrogen and oxygen atoms in total. The van der Waals surface area contributed by atoms with Gasteiger partial charge < -0.3 is 0 Å². The van der Waals surface area contributed by atoms with Crippen molar-refractivity contribution in [2.24, 2.45) is 0 Å². The minimum atomic E-state index is -1.06. The van der Waals surface area contributed by atoms with Crippen molar-refractivity contribution in [3.8, 4) is 0 Å². The molecule has 0 spiro atoms. The molecule has 68 valence electrons. The summed E-state index contributed by atoms with van der Waals surface area (Å²) in [4.78, 5) is 0. The summed E-state index contributed by atoms with van der Waals surface area (Å²) in [7, 11) is -2.12. The minimum Gasteiger partial charge on any atom is -0.261 e. The van der Waals surface area contributed by atoms with Crippen molar-refractivity contribution in [1.82, 2.24) is 0 Å². The van der Waals surface area contributed by atoms with Gasteiger partial charge in [-0.25, -0.2) is 0 Å². The Morgan fingerprint density at radius 3 is 1.18 bits per heavy atom. The summed E-state index contributed by atoms with van der Waals surface area (Å²) in [5.74, 6) is 0.